The number of rotatable bonds is 7. The number of imide groups is 1. The summed E-state index contributed by atoms with van der Waals surface area (Å²) in [6.45, 7) is 8.71. The largest absolute Gasteiger partial charge is 0.320 e. The molecule has 1 heterocycles. The standard InChI is InChI=1S/C23H30N2O2Si/c1-5-28(6-2,7-3)25-21(26)23(4,20-16-12-9-13-17-20)24(22(25)27)18-19-14-10-8-11-15-19/h8-17H,5-7,18H2,1-4H3. The maximum atomic E-state index is 13.9. The average Bonchev–Trinajstić information content (AvgIpc) is 2.94. The molecule has 148 valence electrons. The van der Waals surface area contributed by atoms with E-state index in [1.54, 1.807) is 9.47 Å². The molecule has 2 aromatic carbocycles. The molecule has 1 unspecified atom stereocenters. The minimum atomic E-state index is -2.20. The Morgan fingerprint density at radius 2 is 1.32 bits per heavy atom. The summed E-state index contributed by atoms with van der Waals surface area (Å²) in [5.74, 6) is -0.0585. The van der Waals surface area contributed by atoms with Crippen LogP contribution >= 0.6 is 0 Å². The van der Waals surface area contributed by atoms with Gasteiger partial charge in [-0.15, -0.1) is 0 Å². The van der Waals surface area contributed by atoms with Crippen LogP contribution in [0.1, 0.15) is 38.8 Å². The molecule has 2 aromatic rings. The Morgan fingerprint density at radius 3 is 1.82 bits per heavy atom. The van der Waals surface area contributed by atoms with Crippen LogP contribution < -0.4 is 0 Å². The zero-order chi connectivity index (χ0) is 20.4. The van der Waals surface area contributed by atoms with Gasteiger partial charge in [0, 0.05) is 6.54 Å². The molecule has 5 heteroatoms. The van der Waals surface area contributed by atoms with Crippen molar-refractivity contribution in [3.8, 4) is 0 Å². The Hall–Kier alpha value is -2.40. The van der Waals surface area contributed by atoms with Gasteiger partial charge in [0.2, 0.25) is 0 Å². The van der Waals surface area contributed by atoms with Crippen molar-refractivity contribution in [3.63, 3.8) is 0 Å². The number of hydrogen-bond acceptors (Lipinski definition) is 2. The van der Waals surface area contributed by atoms with E-state index in [0.717, 1.165) is 29.3 Å². The van der Waals surface area contributed by atoms with Crippen molar-refractivity contribution in [2.24, 2.45) is 0 Å². The SMILES string of the molecule is CC[Si](CC)(CC)N1C(=O)N(Cc2ccccc2)C(C)(c2ccccc2)C1=O. The van der Waals surface area contributed by atoms with Crippen LogP contribution in [0.25, 0.3) is 0 Å². The number of carbonyl (C=O) groups is 2. The molecule has 1 aliphatic heterocycles. The van der Waals surface area contributed by atoms with Crippen LogP contribution in [0.3, 0.4) is 0 Å². The van der Waals surface area contributed by atoms with Crippen molar-refractivity contribution < 1.29 is 9.59 Å². The van der Waals surface area contributed by atoms with E-state index in [1.165, 1.54) is 0 Å². The van der Waals surface area contributed by atoms with E-state index < -0.39 is 13.8 Å². The lowest BCUT2D eigenvalue weighted by molar-refractivity contribution is -0.130. The summed E-state index contributed by atoms with van der Waals surface area (Å²) in [5, 5.41) is 0. The second-order valence-corrected chi connectivity index (χ2v) is 12.7. The molecular weight excluding hydrogens is 364 g/mol. The van der Waals surface area contributed by atoms with Crippen LogP contribution in [-0.4, -0.2) is 29.6 Å². The number of nitrogens with zero attached hydrogens (tertiary/aromatic N) is 2. The Labute approximate surface area is 169 Å². The van der Waals surface area contributed by atoms with E-state index in [0.29, 0.717) is 6.54 Å². The van der Waals surface area contributed by atoms with Crippen molar-refractivity contribution in [3.05, 3.63) is 71.8 Å². The number of hydrogen-bond donors (Lipinski definition) is 0. The van der Waals surface area contributed by atoms with Gasteiger partial charge < -0.3 is 4.90 Å². The van der Waals surface area contributed by atoms with Crippen molar-refractivity contribution in [1.82, 2.24) is 9.47 Å². The fraction of sp³-hybridized carbons (Fsp3) is 0.391. The highest BCUT2D eigenvalue weighted by atomic mass is 28.3. The van der Waals surface area contributed by atoms with Crippen molar-refractivity contribution in [1.29, 1.82) is 0 Å². The Bertz CT molecular complexity index is 828. The van der Waals surface area contributed by atoms with Gasteiger partial charge in [0.25, 0.3) is 5.91 Å². The lowest BCUT2D eigenvalue weighted by Crippen LogP contribution is -2.56. The molecule has 3 rings (SSSR count). The van der Waals surface area contributed by atoms with E-state index in [-0.39, 0.29) is 11.9 Å². The van der Waals surface area contributed by atoms with Crippen LogP contribution in [0.4, 0.5) is 4.79 Å². The second kappa shape index (κ2) is 7.92. The van der Waals surface area contributed by atoms with Crippen molar-refractivity contribution in [2.45, 2.75) is 57.9 Å². The van der Waals surface area contributed by atoms with E-state index in [9.17, 15) is 9.59 Å². The molecule has 28 heavy (non-hydrogen) atoms. The van der Waals surface area contributed by atoms with Crippen LogP contribution in [0.5, 0.6) is 0 Å². The third-order valence-corrected chi connectivity index (χ3v) is 11.8. The summed E-state index contributed by atoms with van der Waals surface area (Å²) in [7, 11) is -2.20. The maximum Gasteiger partial charge on any atom is 0.320 e. The Balaban J connectivity index is 2.14. The molecular formula is C23H30N2O2Si. The fourth-order valence-corrected chi connectivity index (χ4v) is 8.03. The van der Waals surface area contributed by atoms with Gasteiger partial charge in [-0.2, -0.15) is 0 Å². The van der Waals surface area contributed by atoms with Gasteiger partial charge in [-0.1, -0.05) is 81.4 Å². The predicted octanol–water partition coefficient (Wildman–Crippen LogP) is 5.37. The summed E-state index contributed by atoms with van der Waals surface area (Å²) < 4.78 is 1.70. The van der Waals surface area contributed by atoms with Gasteiger partial charge in [0.15, 0.2) is 8.24 Å². The van der Waals surface area contributed by atoms with Crippen molar-refractivity contribution in [2.75, 3.05) is 0 Å². The van der Waals surface area contributed by atoms with Crippen LogP contribution in [0, 0.1) is 0 Å². The molecule has 0 radical (unpaired) electrons. The minimum Gasteiger partial charge on any atom is -0.302 e. The third kappa shape index (κ3) is 3.08. The molecule has 0 N–H and O–H groups in total. The lowest BCUT2D eigenvalue weighted by Gasteiger charge is -2.36. The Morgan fingerprint density at radius 1 is 0.821 bits per heavy atom. The summed E-state index contributed by atoms with van der Waals surface area (Å²) in [4.78, 5) is 29.3. The fourth-order valence-electron chi connectivity index (χ4n) is 4.41. The molecule has 0 saturated carbocycles. The normalized spacial score (nSPS) is 20.1. The first kappa shape index (κ1) is 20.3. The van der Waals surface area contributed by atoms with E-state index in [1.807, 2.05) is 67.6 Å². The van der Waals surface area contributed by atoms with Gasteiger partial charge in [-0.25, -0.2) is 4.79 Å². The first-order chi connectivity index (χ1) is 13.4. The number of amides is 3. The van der Waals surface area contributed by atoms with Crippen LogP contribution in [0.2, 0.25) is 18.1 Å². The second-order valence-electron chi connectivity index (χ2n) is 7.72. The molecule has 0 spiro atoms. The van der Waals surface area contributed by atoms with Crippen LogP contribution in [-0.2, 0) is 16.9 Å². The van der Waals surface area contributed by atoms with Gasteiger partial charge in [0.05, 0.1) is 0 Å². The molecule has 1 fully saturated rings. The highest BCUT2D eigenvalue weighted by molar-refractivity contribution is 6.81. The number of benzene rings is 2. The predicted molar refractivity (Wildman–Crippen MR) is 115 cm³/mol. The van der Waals surface area contributed by atoms with E-state index in [4.69, 9.17) is 0 Å². The van der Waals surface area contributed by atoms with Gasteiger partial charge >= 0.3 is 6.03 Å². The molecule has 0 aromatic heterocycles. The highest BCUT2D eigenvalue weighted by Gasteiger charge is 2.60. The van der Waals surface area contributed by atoms with Gasteiger partial charge in [-0.05, 0) is 36.2 Å². The number of urea groups is 1. The summed E-state index contributed by atoms with van der Waals surface area (Å²) in [5.41, 5.74) is 0.925. The van der Waals surface area contributed by atoms with Crippen LogP contribution in [0.15, 0.2) is 60.7 Å². The summed E-state index contributed by atoms with van der Waals surface area (Å²) in [6.07, 6.45) is 0. The lowest BCUT2D eigenvalue weighted by atomic mass is 9.90. The molecule has 3 amide bonds. The first-order valence-electron chi connectivity index (χ1n) is 10.2. The average molecular weight is 395 g/mol. The molecule has 0 bridgehead atoms. The molecule has 1 atom stereocenters. The minimum absolute atomic E-state index is 0.0585. The van der Waals surface area contributed by atoms with E-state index in [2.05, 4.69) is 20.8 Å². The van der Waals surface area contributed by atoms with E-state index >= 15 is 0 Å². The number of carbonyl (C=O) groups excluding carboxylic acids is 2. The maximum absolute atomic E-state index is 13.9. The summed E-state index contributed by atoms with van der Waals surface area (Å²) in [6, 6.07) is 22.2. The first-order valence-corrected chi connectivity index (χ1v) is 12.8. The quantitative estimate of drug-likeness (QED) is 0.468. The molecule has 4 nitrogen and oxygen atoms in total. The van der Waals surface area contributed by atoms with Gasteiger partial charge in [0.1, 0.15) is 5.54 Å². The Kier molecular flexibility index (Phi) is 5.75. The molecule has 1 saturated heterocycles. The zero-order valence-corrected chi connectivity index (χ0v) is 18.3. The monoisotopic (exact) mass is 394 g/mol. The highest BCUT2D eigenvalue weighted by Crippen LogP contribution is 2.42. The smallest absolute Gasteiger partial charge is 0.302 e. The third-order valence-electron chi connectivity index (χ3n) is 6.55. The van der Waals surface area contributed by atoms with Gasteiger partial charge in [-0.3, -0.25) is 9.36 Å². The topological polar surface area (TPSA) is 40.6 Å². The summed E-state index contributed by atoms with van der Waals surface area (Å²) >= 11 is 0. The zero-order valence-electron chi connectivity index (χ0n) is 17.3. The molecule has 1 aliphatic rings. The van der Waals surface area contributed by atoms with Crippen molar-refractivity contribution >= 4 is 20.2 Å². The molecule has 0 aliphatic carbocycles.